The molecule has 7 nitrogen and oxygen atoms in total. The van der Waals surface area contributed by atoms with Crippen LogP contribution in [0.15, 0.2) is 0 Å². The lowest BCUT2D eigenvalue weighted by atomic mass is 10.3. The van der Waals surface area contributed by atoms with E-state index in [0.717, 1.165) is 0 Å². The lowest BCUT2D eigenvalue weighted by Gasteiger charge is -2.11. The van der Waals surface area contributed by atoms with E-state index in [1.165, 1.54) is 0 Å². The Hall–Kier alpha value is -1.18. The van der Waals surface area contributed by atoms with Gasteiger partial charge in [-0.05, 0) is 0 Å². The molecule has 5 N–H and O–H groups in total. The van der Waals surface area contributed by atoms with Gasteiger partial charge >= 0.3 is 11.9 Å². The van der Waals surface area contributed by atoms with Crippen molar-refractivity contribution < 1.29 is 24.9 Å². The molecule has 0 aliphatic rings. The van der Waals surface area contributed by atoms with E-state index in [0.29, 0.717) is 0 Å². The van der Waals surface area contributed by atoms with Gasteiger partial charge in [0, 0.05) is 19.6 Å². The molecule has 7 heteroatoms. The molecule has 0 spiro atoms. The Kier molecular flexibility index (Phi) is 7.51. The van der Waals surface area contributed by atoms with Crippen molar-refractivity contribution in [2.45, 2.75) is 12.5 Å². The van der Waals surface area contributed by atoms with E-state index in [1.807, 2.05) is 0 Å². The summed E-state index contributed by atoms with van der Waals surface area (Å²) in [5.41, 5.74) is 0. The Balaban J connectivity index is 3.29. The normalized spacial score (nSPS) is 12.3. The molecule has 1 atom stereocenters. The maximum absolute atomic E-state index is 10.1. The summed E-state index contributed by atoms with van der Waals surface area (Å²) >= 11 is 0. The summed E-state index contributed by atoms with van der Waals surface area (Å²) in [5, 5.41) is 31.1. The molecule has 0 saturated heterocycles. The van der Waals surface area contributed by atoms with E-state index in [1.54, 1.807) is 0 Å². The van der Waals surface area contributed by atoms with E-state index < -0.39 is 18.0 Å². The molecule has 15 heavy (non-hydrogen) atoms. The zero-order chi connectivity index (χ0) is 11.7. The molecule has 0 radical (unpaired) electrons. The SMILES string of the molecule is O=C(O)CCNCC(O)CNCC(=O)O. The minimum atomic E-state index is -0.985. The zero-order valence-corrected chi connectivity index (χ0v) is 8.27. The number of rotatable bonds is 9. The summed E-state index contributed by atoms with van der Waals surface area (Å²) in [7, 11) is 0. The summed E-state index contributed by atoms with van der Waals surface area (Å²) in [4.78, 5) is 20.2. The maximum atomic E-state index is 10.1. The van der Waals surface area contributed by atoms with Crippen LogP contribution in [0, 0.1) is 0 Å². The van der Waals surface area contributed by atoms with Crippen molar-refractivity contribution in [2.24, 2.45) is 0 Å². The van der Waals surface area contributed by atoms with Crippen molar-refractivity contribution in [1.29, 1.82) is 0 Å². The average Bonchev–Trinajstić information content (AvgIpc) is 2.11. The maximum Gasteiger partial charge on any atom is 0.317 e. The molecule has 0 aromatic carbocycles. The van der Waals surface area contributed by atoms with Crippen LogP contribution in [0.4, 0.5) is 0 Å². The molecule has 0 aromatic heterocycles. The topological polar surface area (TPSA) is 119 Å². The van der Waals surface area contributed by atoms with Crippen molar-refractivity contribution in [3.05, 3.63) is 0 Å². The first-order valence-corrected chi connectivity index (χ1v) is 4.55. The average molecular weight is 220 g/mol. The van der Waals surface area contributed by atoms with Gasteiger partial charge in [0.2, 0.25) is 0 Å². The molecule has 88 valence electrons. The van der Waals surface area contributed by atoms with E-state index in [9.17, 15) is 14.7 Å². The molecule has 0 saturated carbocycles. The number of carboxylic acid groups (broad SMARTS) is 2. The summed E-state index contributed by atoms with van der Waals surface area (Å²) in [6.07, 6.45) is -0.729. The quantitative estimate of drug-likeness (QED) is 0.287. The number of nitrogens with one attached hydrogen (secondary N) is 2. The highest BCUT2D eigenvalue weighted by Crippen LogP contribution is 1.80. The fraction of sp³-hybridized carbons (Fsp3) is 0.750. The van der Waals surface area contributed by atoms with E-state index in [4.69, 9.17) is 10.2 Å². The van der Waals surface area contributed by atoms with Gasteiger partial charge in [0.15, 0.2) is 0 Å². The van der Waals surface area contributed by atoms with Gasteiger partial charge in [0.05, 0.1) is 19.1 Å². The summed E-state index contributed by atoms with van der Waals surface area (Å²) in [6.45, 7) is 0.476. The first-order chi connectivity index (χ1) is 7.02. The summed E-state index contributed by atoms with van der Waals surface area (Å²) in [6, 6.07) is 0. The van der Waals surface area contributed by atoms with Gasteiger partial charge in [0.25, 0.3) is 0 Å². The van der Waals surface area contributed by atoms with Gasteiger partial charge < -0.3 is 26.0 Å². The van der Waals surface area contributed by atoms with Gasteiger partial charge in [-0.15, -0.1) is 0 Å². The van der Waals surface area contributed by atoms with Gasteiger partial charge in [-0.3, -0.25) is 9.59 Å². The molecule has 0 fully saturated rings. The second-order valence-corrected chi connectivity index (χ2v) is 3.03. The Labute approximate surface area is 87.1 Å². The highest BCUT2D eigenvalue weighted by atomic mass is 16.4. The van der Waals surface area contributed by atoms with Crippen LogP contribution < -0.4 is 10.6 Å². The number of carboxylic acids is 2. The Bertz CT molecular complexity index is 209. The first-order valence-electron chi connectivity index (χ1n) is 4.55. The Morgan fingerprint density at radius 2 is 1.67 bits per heavy atom. The van der Waals surface area contributed by atoms with Crippen molar-refractivity contribution in [1.82, 2.24) is 10.6 Å². The highest BCUT2D eigenvalue weighted by Gasteiger charge is 2.04. The monoisotopic (exact) mass is 220 g/mol. The van der Waals surface area contributed by atoms with Crippen molar-refractivity contribution in [3.8, 4) is 0 Å². The zero-order valence-electron chi connectivity index (χ0n) is 8.27. The summed E-state index contributed by atoms with van der Waals surface area (Å²) in [5.74, 6) is -1.89. The Morgan fingerprint density at radius 3 is 2.20 bits per heavy atom. The molecule has 0 aliphatic carbocycles. The minimum Gasteiger partial charge on any atom is -0.481 e. The van der Waals surface area contributed by atoms with E-state index in [2.05, 4.69) is 10.6 Å². The largest absolute Gasteiger partial charge is 0.481 e. The number of hydrogen-bond donors (Lipinski definition) is 5. The van der Waals surface area contributed by atoms with E-state index >= 15 is 0 Å². The van der Waals surface area contributed by atoms with Crippen LogP contribution >= 0.6 is 0 Å². The fourth-order valence-electron chi connectivity index (χ4n) is 0.882. The lowest BCUT2D eigenvalue weighted by molar-refractivity contribution is -0.137. The number of hydrogen-bond acceptors (Lipinski definition) is 5. The van der Waals surface area contributed by atoms with Gasteiger partial charge in [-0.25, -0.2) is 0 Å². The van der Waals surface area contributed by atoms with Crippen LogP contribution in [-0.4, -0.2) is 59.5 Å². The Morgan fingerprint density at radius 1 is 1.07 bits per heavy atom. The molecule has 0 aromatic rings. The highest BCUT2D eigenvalue weighted by molar-refractivity contribution is 5.69. The minimum absolute atomic E-state index is 0.00469. The third-order valence-corrected chi connectivity index (χ3v) is 1.55. The molecule has 0 aliphatic heterocycles. The first kappa shape index (κ1) is 13.8. The number of aliphatic hydroxyl groups excluding tert-OH is 1. The van der Waals surface area contributed by atoms with Crippen LogP contribution in [-0.2, 0) is 9.59 Å². The molecular weight excluding hydrogens is 204 g/mol. The third kappa shape index (κ3) is 10.7. The van der Waals surface area contributed by atoms with E-state index in [-0.39, 0.29) is 32.6 Å². The second-order valence-electron chi connectivity index (χ2n) is 3.03. The third-order valence-electron chi connectivity index (χ3n) is 1.55. The predicted octanol–water partition coefficient (Wildman–Crippen LogP) is -1.91. The molecule has 0 bridgehead atoms. The standard InChI is InChI=1S/C8H16N2O5/c11-6(4-10-5-8(14)15)3-9-2-1-7(12)13/h6,9-11H,1-5H2,(H,12,13)(H,14,15). The smallest absolute Gasteiger partial charge is 0.317 e. The van der Waals surface area contributed by atoms with Crippen LogP contribution in [0.5, 0.6) is 0 Å². The molecular formula is C8H16N2O5. The molecule has 0 rings (SSSR count). The van der Waals surface area contributed by atoms with Crippen LogP contribution in [0.3, 0.4) is 0 Å². The molecule has 0 heterocycles. The van der Waals surface area contributed by atoms with Crippen LogP contribution in [0.1, 0.15) is 6.42 Å². The number of aliphatic carboxylic acids is 2. The molecule has 0 amide bonds. The second kappa shape index (κ2) is 8.16. The molecule has 1 unspecified atom stereocenters. The van der Waals surface area contributed by atoms with Gasteiger partial charge in [0.1, 0.15) is 0 Å². The number of carbonyl (C=O) groups is 2. The van der Waals surface area contributed by atoms with Crippen LogP contribution in [0.2, 0.25) is 0 Å². The lowest BCUT2D eigenvalue weighted by Crippen LogP contribution is -2.37. The van der Waals surface area contributed by atoms with Crippen molar-refractivity contribution in [2.75, 3.05) is 26.2 Å². The van der Waals surface area contributed by atoms with Crippen LogP contribution in [0.25, 0.3) is 0 Å². The van der Waals surface area contributed by atoms with Gasteiger partial charge in [-0.2, -0.15) is 0 Å². The summed E-state index contributed by atoms with van der Waals surface area (Å²) < 4.78 is 0. The van der Waals surface area contributed by atoms with Crippen molar-refractivity contribution in [3.63, 3.8) is 0 Å². The predicted molar refractivity (Wildman–Crippen MR) is 51.6 cm³/mol. The number of aliphatic hydroxyl groups is 1. The fourth-order valence-corrected chi connectivity index (χ4v) is 0.882. The van der Waals surface area contributed by atoms with Gasteiger partial charge in [-0.1, -0.05) is 0 Å². The van der Waals surface area contributed by atoms with Crippen molar-refractivity contribution >= 4 is 11.9 Å².